The van der Waals surface area contributed by atoms with Crippen LogP contribution in [-0.2, 0) is 13.3 Å². The number of nitrogens with one attached hydrogen (secondary N) is 1. The van der Waals surface area contributed by atoms with Gasteiger partial charge in [0.25, 0.3) is 5.91 Å². The Morgan fingerprint density at radius 1 is 1.08 bits per heavy atom. The minimum atomic E-state index is -0.186. The van der Waals surface area contributed by atoms with Crippen molar-refractivity contribution >= 4 is 5.91 Å². The van der Waals surface area contributed by atoms with Crippen molar-refractivity contribution in [3.8, 4) is 5.75 Å². The molecule has 0 saturated heterocycles. The molecule has 0 aliphatic heterocycles. The van der Waals surface area contributed by atoms with Crippen LogP contribution >= 0.6 is 0 Å². The van der Waals surface area contributed by atoms with Crippen LogP contribution in [0.15, 0.2) is 61.1 Å². The number of rotatable bonds is 8. The number of carbonyl (C=O) groups excluding carboxylic acids is 1. The molecule has 7 nitrogen and oxygen atoms in total. The first-order valence-corrected chi connectivity index (χ1v) is 7.78. The Balaban J connectivity index is 1.41. The van der Waals surface area contributed by atoms with Gasteiger partial charge >= 0.3 is 0 Å². The van der Waals surface area contributed by atoms with Gasteiger partial charge in [-0.2, -0.15) is 10.2 Å². The van der Waals surface area contributed by atoms with Crippen LogP contribution in [0.4, 0.5) is 0 Å². The molecule has 1 N–H and O–H groups in total. The van der Waals surface area contributed by atoms with Gasteiger partial charge in [0.2, 0.25) is 0 Å². The monoisotopic (exact) mass is 325 g/mol. The molecule has 2 aromatic heterocycles. The molecule has 2 heterocycles. The molecule has 0 aliphatic carbocycles. The number of amides is 1. The van der Waals surface area contributed by atoms with Gasteiger partial charge in [-0.15, -0.1) is 0 Å². The molecule has 0 aliphatic rings. The second kappa shape index (κ2) is 7.96. The lowest BCUT2D eigenvalue weighted by Crippen LogP contribution is -2.26. The molecule has 0 unspecified atom stereocenters. The fraction of sp³-hybridized carbons (Fsp3) is 0.235. The van der Waals surface area contributed by atoms with Crippen LogP contribution in [0, 0.1) is 0 Å². The standard InChI is InChI=1S/C17H19N5O2/c23-17(18-9-4-11-21-12-5-10-19-21)16-8-13-22(20-16)14-24-15-6-2-1-3-7-15/h1-3,5-8,10,12-13H,4,9,11,14H2,(H,18,23). The molecular weight excluding hydrogens is 306 g/mol. The SMILES string of the molecule is O=C(NCCCn1cccn1)c1ccn(COc2ccccc2)n1. The van der Waals surface area contributed by atoms with E-state index in [2.05, 4.69) is 15.5 Å². The summed E-state index contributed by atoms with van der Waals surface area (Å²) in [5.74, 6) is 0.576. The first-order valence-electron chi connectivity index (χ1n) is 7.78. The summed E-state index contributed by atoms with van der Waals surface area (Å²) < 4.78 is 9.01. The maximum Gasteiger partial charge on any atom is 0.271 e. The fourth-order valence-corrected chi connectivity index (χ4v) is 2.18. The zero-order valence-corrected chi connectivity index (χ0v) is 13.2. The van der Waals surface area contributed by atoms with Crippen molar-refractivity contribution in [2.24, 2.45) is 0 Å². The molecule has 1 amide bonds. The fourth-order valence-electron chi connectivity index (χ4n) is 2.18. The van der Waals surface area contributed by atoms with E-state index in [-0.39, 0.29) is 12.6 Å². The topological polar surface area (TPSA) is 74.0 Å². The molecule has 24 heavy (non-hydrogen) atoms. The third-order valence-electron chi connectivity index (χ3n) is 3.39. The van der Waals surface area contributed by atoms with Crippen LogP contribution in [0.1, 0.15) is 16.9 Å². The smallest absolute Gasteiger partial charge is 0.271 e. The van der Waals surface area contributed by atoms with Gasteiger partial charge in [0.1, 0.15) is 11.4 Å². The van der Waals surface area contributed by atoms with Crippen LogP contribution in [0.25, 0.3) is 0 Å². The number of para-hydroxylation sites is 1. The summed E-state index contributed by atoms with van der Waals surface area (Å²) in [4.78, 5) is 12.0. The Morgan fingerprint density at radius 3 is 2.75 bits per heavy atom. The van der Waals surface area contributed by atoms with E-state index < -0.39 is 0 Å². The summed E-state index contributed by atoms with van der Waals surface area (Å²) in [5, 5.41) is 11.2. The highest BCUT2D eigenvalue weighted by Gasteiger charge is 2.08. The van der Waals surface area contributed by atoms with Crippen molar-refractivity contribution in [2.45, 2.75) is 19.7 Å². The zero-order valence-electron chi connectivity index (χ0n) is 13.2. The molecule has 0 radical (unpaired) electrons. The molecule has 3 aromatic rings. The van der Waals surface area contributed by atoms with Crippen molar-refractivity contribution in [1.82, 2.24) is 24.9 Å². The van der Waals surface area contributed by atoms with Crippen molar-refractivity contribution in [2.75, 3.05) is 6.54 Å². The third kappa shape index (κ3) is 4.45. The Bertz CT molecular complexity index is 752. The second-order valence-corrected chi connectivity index (χ2v) is 5.21. The minimum Gasteiger partial charge on any atom is -0.471 e. The summed E-state index contributed by atoms with van der Waals surface area (Å²) in [5.41, 5.74) is 0.380. The summed E-state index contributed by atoms with van der Waals surface area (Å²) in [6.07, 6.45) is 6.17. The molecule has 0 bridgehead atoms. The molecule has 0 atom stereocenters. The van der Waals surface area contributed by atoms with Gasteiger partial charge < -0.3 is 10.1 Å². The molecule has 7 heteroatoms. The van der Waals surface area contributed by atoms with E-state index in [9.17, 15) is 4.79 Å². The quantitative estimate of drug-likeness (QED) is 0.642. The van der Waals surface area contributed by atoms with E-state index in [0.29, 0.717) is 12.2 Å². The van der Waals surface area contributed by atoms with Crippen LogP contribution in [-0.4, -0.2) is 32.0 Å². The maximum atomic E-state index is 12.0. The van der Waals surface area contributed by atoms with Crippen molar-refractivity contribution < 1.29 is 9.53 Å². The summed E-state index contributed by atoms with van der Waals surface area (Å²) >= 11 is 0. The largest absolute Gasteiger partial charge is 0.471 e. The van der Waals surface area contributed by atoms with Crippen molar-refractivity contribution in [3.05, 3.63) is 66.7 Å². The van der Waals surface area contributed by atoms with Gasteiger partial charge in [-0.05, 0) is 30.7 Å². The van der Waals surface area contributed by atoms with E-state index >= 15 is 0 Å². The number of ether oxygens (including phenoxy) is 1. The van der Waals surface area contributed by atoms with E-state index in [4.69, 9.17) is 4.74 Å². The highest BCUT2D eigenvalue weighted by molar-refractivity contribution is 5.92. The molecule has 0 fully saturated rings. The highest BCUT2D eigenvalue weighted by Crippen LogP contribution is 2.09. The normalized spacial score (nSPS) is 10.5. The zero-order chi connectivity index (χ0) is 16.6. The van der Waals surface area contributed by atoms with Crippen molar-refractivity contribution in [1.29, 1.82) is 0 Å². The number of carbonyl (C=O) groups is 1. The number of benzene rings is 1. The predicted octanol–water partition coefficient (Wildman–Crippen LogP) is 1.94. The van der Waals surface area contributed by atoms with Crippen molar-refractivity contribution in [3.63, 3.8) is 0 Å². The molecule has 124 valence electrons. The van der Waals surface area contributed by atoms with E-state index in [1.54, 1.807) is 23.1 Å². The first-order chi connectivity index (χ1) is 11.8. The Hall–Kier alpha value is -3.09. The lowest BCUT2D eigenvalue weighted by atomic mass is 10.3. The second-order valence-electron chi connectivity index (χ2n) is 5.21. The van der Waals surface area contributed by atoms with Gasteiger partial charge in [-0.3, -0.25) is 9.48 Å². The lowest BCUT2D eigenvalue weighted by molar-refractivity contribution is 0.0945. The minimum absolute atomic E-state index is 0.186. The Labute approximate surface area is 139 Å². The van der Waals surface area contributed by atoms with Crippen LogP contribution in [0.5, 0.6) is 5.75 Å². The van der Waals surface area contributed by atoms with E-state index in [1.807, 2.05) is 47.3 Å². The number of hydrogen-bond acceptors (Lipinski definition) is 4. The maximum absolute atomic E-state index is 12.0. The van der Waals surface area contributed by atoms with Gasteiger partial charge in [0.05, 0.1) is 0 Å². The Kier molecular flexibility index (Phi) is 5.24. The number of aryl methyl sites for hydroxylation is 1. The van der Waals surface area contributed by atoms with Gasteiger partial charge in [-0.25, -0.2) is 4.68 Å². The highest BCUT2D eigenvalue weighted by atomic mass is 16.5. The summed E-state index contributed by atoms with van der Waals surface area (Å²) in [6, 6.07) is 13.0. The molecule has 0 saturated carbocycles. The lowest BCUT2D eigenvalue weighted by Gasteiger charge is -2.06. The Morgan fingerprint density at radius 2 is 1.96 bits per heavy atom. The predicted molar refractivity (Wildman–Crippen MR) is 88.5 cm³/mol. The van der Waals surface area contributed by atoms with Crippen LogP contribution in [0.2, 0.25) is 0 Å². The number of hydrogen-bond donors (Lipinski definition) is 1. The summed E-state index contributed by atoms with van der Waals surface area (Å²) in [6.45, 7) is 1.61. The van der Waals surface area contributed by atoms with Crippen LogP contribution in [0.3, 0.4) is 0 Å². The van der Waals surface area contributed by atoms with Gasteiger partial charge in [-0.1, -0.05) is 18.2 Å². The van der Waals surface area contributed by atoms with Crippen LogP contribution < -0.4 is 10.1 Å². The van der Waals surface area contributed by atoms with Gasteiger partial charge in [0, 0.05) is 31.7 Å². The molecular formula is C17H19N5O2. The van der Waals surface area contributed by atoms with E-state index in [0.717, 1.165) is 18.7 Å². The number of aromatic nitrogens is 4. The average Bonchev–Trinajstić information content (AvgIpc) is 3.29. The number of nitrogens with zero attached hydrogens (tertiary/aromatic N) is 4. The van der Waals surface area contributed by atoms with E-state index in [1.165, 1.54) is 0 Å². The molecule has 1 aromatic carbocycles. The first kappa shape index (κ1) is 15.8. The van der Waals surface area contributed by atoms with Gasteiger partial charge in [0.15, 0.2) is 6.73 Å². The summed E-state index contributed by atoms with van der Waals surface area (Å²) in [7, 11) is 0. The third-order valence-corrected chi connectivity index (χ3v) is 3.39. The molecule has 3 rings (SSSR count). The average molecular weight is 325 g/mol. The molecule has 0 spiro atoms.